The molecular weight excluding hydrogens is 749 g/mol. The van der Waals surface area contributed by atoms with E-state index in [1.807, 2.05) is 12.1 Å². The molecule has 0 saturated carbocycles. The second kappa shape index (κ2) is 13.3. The van der Waals surface area contributed by atoms with Gasteiger partial charge in [0, 0.05) is 16.7 Å². The lowest BCUT2D eigenvalue weighted by Crippen LogP contribution is -2.44. The van der Waals surface area contributed by atoms with Crippen molar-refractivity contribution in [2.24, 2.45) is 0 Å². The van der Waals surface area contributed by atoms with E-state index in [0.29, 0.717) is 5.82 Å². The van der Waals surface area contributed by atoms with Crippen LogP contribution < -0.4 is 0 Å². The molecule has 0 fully saturated rings. The first kappa shape index (κ1) is 34.9. The molecule has 0 unspecified atom stereocenters. The van der Waals surface area contributed by atoms with Crippen LogP contribution in [-0.2, 0) is 10.8 Å². The summed E-state index contributed by atoms with van der Waals surface area (Å²) in [5, 5.41) is 0. The van der Waals surface area contributed by atoms with E-state index >= 15 is 0 Å². The van der Waals surface area contributed by atoms with Crippen LogP contribution in [0.1, 0.15) is 44.5 Å². The number of benzene rings is 9. The molecule has 288 valence electrons. The fourth-order valence-electron chi connectivity index (χ4n) is 11.5. The molecule has 0 aliphatic heterocycles. The topological polar surface area (TPSA) is 25.8 Å². The van der Waals surface area contributed by atoms with Crippen LogP contribution in [0.4, 0.5) is 0 Å². The fourth-order valence-corrected chi connectivity index (χ4v) is 11.5. The summed E-state index contributed by atoms with van der Waals surface area (Å²) in [4.78, 5) is 10.6. The van der Waals surface area contributed by atoms with Crippen molar-refractivity contribution < 1.29 is 0 Å². The molecule has 0 amide bonds. The molecule has 0 N–H and O–H groups in total. The Morgan fingerprint density at radius 3 is 1.11 bits per heavy atom. The lowest BCUT2D eigenvalue weighted by molar-refractivity contribution is 0.634. The minimum absolute atomic E-state index is 0.553. The van der Waals surface area contributed by atoms with Crippen molar-refractivity contribution in [2.45, 2.75) is 10.8 Å². The third kappa shape index (κ3) is 4.64. The number of nitrogens with zero attached hydrogens (tertiary/aromatic N) is 2. The highest BCUT2D eigenvalue weighted by atomic mass is 14.9. The molecule has 10 aromatic rings. The van der Waals surface area contributed by atoms with E-state index in [9.17, 15) is 0 Å². The third-order valence-corrected chi connectivity index (χ3v) is 13.8. The van der Waals surface area contributed by atoms with Gasteiger partial charge < -0.3 is 0 Å². The predicted molar refractivity (Wildman–Crippen MR) is 252 cm³/mol. The normalized spacial score (nSPS) is 14.1. The molecule has 0 radical (unpaired) electrons. The van der Waals surface area contributed by atoms with E-state index in [2.05, 4.69) is 218 Å². The van der Waals surface area contributed by atoms with Crippen LogP contribution in [-0.4, -0.2) is 9.97 Å². The first-order valence-electron chi connectivity index (χ1n) is 21.5. The molecular formula is C60H38N2. The zero-order valence-electron chi connectivity index (χ0n) is 33.8. The largest absolute Gasteiger partial charge is 0.228 e. The van der Waals surface area contributed by atoms with Gasteiger partial charge in [-0.15, -0.1) is 0 Å². The summed E-state index contributed by atoms with van der Waals surface area (Å²) in [5.41, 5.74) is 21.8. The highest BCUT2D eigenvalue weighted by Crippen LogP contribution is 2.68. The zero-order valence-corrected chi connectivity index (χ0v) is 33.8. The van der Waals surface area contributed by atoms with Crippen molar-refractivity contribution in [3.63, 3.8) is 0 Å². The van der Waals surface area contributed by atoms with Gasteiger partial charge in [-0.25, -0.2) is 9.97 Å². The molecule has 0 bridgehead atoms. The lowest BCUT2D eigenvalue weighted by atomic mass is 9.51. The summed E-state index contributed by atoms with van der Waals surface area (Å²) in [5.74, 6) is 0.698. The molecule has 3 aliphatic rings. The zero-order chi connectivity index (χ0) is 40.8. The standard InChI is InChI=1S/C60H38N2/c1-3-19-39(20-4-1)55-38-56(40-21-5-2-6-22-40)62-58(61-55)42-24-17-23-41(37-42)43-29-18-36-54-57(43)60(50-32-13-9-27-46(50)47-28-10-14-33-51(47)60)53-35-16-15-34-52(53)59(54)48-30-11-7-25-44(48)45-26-8-12-31-49(45)59/h1-38H. The van der Waals surface area contributed by atoms with Gasteiger partial charge in [0.15, 0.2) is 5.82 Å². The Balaban J connectivity index is 1.14. The molecule has 3 aliphatic carbocycles. The summed E-state index contributed by atoms with van der Waals surface area (Å²) < 4.78 is 0. The van der Waals surface area contributed by atoms with Crippen LogP contribution in [0.3, 0.4) is 0 Å². The molecule has 9 aromatic carbocycles. The molecule has 2 heteroatoms. The van der Waals surface area contributed by atoms with Crippen molar-refractivity contribution in [3.05, 3.63) is 275 Å². The van der Waals surface area contributed by atoms with Gasteiger partial charge in [0.2, 0.25) is 0 Å². The minimum atomic E-state index is -0.604. The Hall–Kier alpha value is -7.94. The monoisotopic (exact) mass is 786 g/mol. The van der Waals surface area contributed by atoms with Crippen LogP contribution in [0.25, 0.3) is 67.3 Å². The Labute approximate surface area is 361 Å². The first-order chi connectivity index (χ1) is 30.8. The Morgan fingerprint density at radius 1 is 0.242 bits per heavy atom. The number of hydrogen-bond acceptors (Lipinski definition) is 2. The molecule has 0 atom stereocenters. The van der Waals surface area contributed by atoms with Gasteiger partial charge in [0.25, 0.3) is 0 Å². The minimum Gasteiger partial charge on any atom is -0.228 e. The van der Waals surface area contributed by atoms with Gasteiger partial charge in [-0.1, -0.05) is 218 Å². The summed E-state index contributed by atoms with van der Waals surface area (Å²) in [6.45, 7) is 0. The van der Waals surface area contributed by atoms with Gasteiger partial charge in [0.05, 0.1) is 22.2 Å². The number of aromatic nitrogens is 2. The SMILES string of the molecule is c1ccc(-c2cc(-c3ccccc3)nc(-c3cccc(-c4cccc5c4C4(c6ccccc6-c6ccccc64)c4ccccc4C54c5ccccc5-c5ccccc54)c3)n2)cc1. The fraction of sp³-hybridized carbons (Fsp3) is 0.0333. The van der Waals surface area contributed by atoms with Gasteiger partial charge >= 0.3 is 0 Å². The number of fused-ring (bicyclic) bond motifs is 16. The maximum absolute atomic E-state index is 5.28. The Kier molecular flexibility index (Phi) is 7.47. The summed E-state index contributed by atoms with van der Waals surface area (Å²) in [6.07, 6.45) is 0. The molecule has 0 saturated heterocycles. The molecule has 1 aromatic heterocycles. The maximum atomic E-state index is 5.28. The molecule has 1 heterocycles. The van der Waals surface area contributed by atoms with Gasteiger partial charge in [-0.2, -0.15) is 0 Å². The van der Waals surface area contributed by atoms with E-state index in [4.69, 9.17) is 9.97 Å². The maximum Gasteiger partial charge on any atom is 0.160 e. The Bertz CT molecular complexity index is 3270. The van der Waals surface area contributed by atoms with E-state index in [0.717, 1.165) is 33.6 Å². The lowest BCUT2D eigenvalue weighted by Gasteiger charge is -2.49. The average Bonchev–Trinajstić information content (AvgIpc) is 3.82. The van der Waals surface area contributed by atoms with E-state index in [1.165, 1.54) is 72.3 Å². The summed E-state index contributed by atoms with van der Waals surface area (Å²) in [7, 11) is 0. The van der Waals surface area contributed by atoms with E-state index < -0.39 is 10.8 Å². The molecule has 62 heavy (non-hydrogen) atoms. The van der Waals surface area contributed by atoms with E-state index in [1.54, 1.807) is 0 Å². The quantitative estimate of drug-likeness (QED) is 0.178. The van der Waals surface area contributed by atoms with Crippen LogP contribution in [0.2, 0.25) is 0 Å². The molecule has 13 rings (SSSR count). The second-order valence-electron chi connectivity index (χ2n) is 16.7. The Morgan fingerprint density at radius 2 is 0.597 bits per heavy atom. The number of rotatable bonds is 4. The van der Waals surface area contributed by atoms with Crippen LogP contribution in [0.15, 0.2) is 231 Å². The average molecular weight is 787 g/mol. The van der Waals surface area contributed by atoms with Crippen molar-refractivity contribution in [1.82, 2.24) is 9.97 Å². The molecule has 2 spiro atoms. The molecule has 2 nitrogen and oxygen atoms in total. The summed E-state index contributed by atoms with van der Waals surface area (Å²) >= 11 is 0. The third-order valence-electron chi connectivity index (χ3n) is 13.8. The first-order valence-corrected chi connectivity index (χ1v) is 21.5. The second-order valence-corrected chi connectivity index (χ2v) is 16.7. The number of hydrogen-bond donors (Lipinski definition) is 0. The van der Waals surface area contributed by atoms with Gasteiger partial charge in [0.1, 0.15) is 0 Å². The summed E-state index contributed by atoms with van der Waals surface area (Å²) in [6, 6.07) is 84.8. The van der Waals surface area contributed by atoms with Crippen molar-refractivity contribution >= 4 is 0 Å². The van der Waals surface area contributed by atoms with Crippen molar-refractivity contribution in [3.8, 4) is 67.3 Å². The smallest absolute Gasteiger partial charge is 0.160 e. The highest BCUT2D eigenvalue weighted by Gasteiger charge is 2.59. The van der Waals surface area contributed by atoms with Crippen molar-refractivity contribution in [2.75, 3.05) is 0 Å². The van der Waals surface area contributed by atoms with Crippen LogP contribution in [0.5, 0.6) is 0 Å². The predicted octanol–water partition coefficient (Wildman–Crippen LogP) is 14.2. The van der Waals surface area contributed by atoms with Crippen LogP contribution >= 0.6 is 0 Å². The van der Waals surface area contributed by atoms with E-state index in [-0.39, 0.29) is 0 Å². The van der Waals surface area contributed by atoms with Gasteiger partial charge in [-0.05, 0) is 90.0 Å². The highest BCUT2D eigenvalue weighted by molar-refractivity contribution is 5.96. The van der Waals surface area contributed by atoms with Crippen LogP contribution in [0, 0.1) is 0 Å². The van der Waals surface area contributed by atoms with Crippen molar-refractivity contribution in [1.29, 1.82) is 0 Å². The van der Waals surface area contributed by atoms with Gasteiger partial charge in [-0.3, -0.25) is 0 Å².